The highest BCUT2D eigenvalue weighted by molar-refractivity contribution is 5.31. The Morgan fingerprint density at radius 1 is 1.28 bits per heavy atom. The van der Waals surface area contributed by atoms with Gasteiger partial charge in [0.1, 0.15) is 6.07 Å². The first-order valence-corrected chi connectivity index (χ1v) is 5.56. The summed E-state index contributed by atoms with van der Waals surface area (Å²) in [6.45, 7) is 5.86. The zero-order valence-corrected chi connectivity index (χ0v) is 10.7. The largest absolute Gasteiger partial charge is 0.473 e. The van der Waals surface area contributed by atoms with Crippen molar-refractivity contribution in [2.75, 3.05) is 6.61 Å². The summed E-state index contributed by atoms with van der Waals surface area (Å²) in [5.41, 5.74) is 0.354. The van der Waals surface area contributed by atoms with Gasteiger partial charge in [-0.1, -0.05) is 0 Å². The molecule has 0 saturated heterocycles. The van der Waals surface area contributed by atoms with Crippen molar-refractivity contribution < 1.29 is 13.5 Å². The molecule has 0 radical (unpaired) electrons. The third kappa shape index (κ3) is 4.30. The molecule has 0 aliphatic rings. The van der Waals surface area contributed by atoms with Crippen molar-refractivity contribution >= 4 is 0 Å². The highest BCUT2D eigenvalue weighted by atomic mass is 19.1. The van der Waals surface area contributed by atoms with Gasteiger partial charge in [-0.25, -0.2) is 8.78 Å². The van der Waals surface area contributed by atoms with Crippen LogP contribution in [0.25, 0.3) is 0 Å². The first-order valence-electron chi connectivity index (χ1n) is 5.56. The van der Waals surface area contributed by atoms with E-state index in [0.717, 1.165) is 0 Å². The Kier molecular flexibility index (Phi) is 4.62. The predicted octanol–water partition coefficient (Wildman–Crippen LogP) is 2.76. The van der Waals surface area contributed by atoms with Gasteiger partial charge in [0.05, 0.1) is 0 Å². The van der Waals surface area contributed by atoms with Gasteiger partial charge in [0, 0.05) is 12.1 Å². The van der Waals surface area contributed by atoms with Crippen LogP contribution in [0.4, 0.5) is 8.78 Å². The molecule has 0 bridgehead atoms. The minimum Gasteiger partial charge on any atom is -0.473 e. The van der Waals surface area contributed by atoms with Crippen LogP contribution < -0.4 is 10.1 Å². The maximum atomic E-state index is 13.6. The number of nitrogens with zero attached hydrogens (tertiary/aromatic N) is 1. The predicted molar refractivity (Wildman–Crippen MR) is 64.1 cm³/mol. The van der Waals surface area contributed by atoms with E-state index in [1.54, 1.807) is 6.07 Å². The SMILES string of the molecule is CC(C)(C)NCc1cc(F)c(OCC#N)c(F)c1. The fraction of sp³-hybridized carbons (Fsp3) is 0.462. The van der Waals surface area contributed by atoms with Crippen molar-refractivity contribution in [3.05, 3.63) is 29.3 Å². The van der Waals surface area contributed by atoms with Crippen molar-refractivity contribution in [2.24, 2.45) is 0 Å². The van der Waals surface area contributed by atoms with Crippen LogP contribution in [-0.2, 0) is 6.54 Å². The first-order chi connectivity index (χ1) is 8.33. The molecular formula is C13H16F2N2O. The molecule has 0 amide bonds. The van der Waals surface area contributed by atoms with E-state index in [9.17, 15) is 8.78 Å². The highest BCUT2D eigenvalue weighted by Crippen LogP contribution is 2.23. The minimum absolute atomic E-state index is 0.136. The Bertz CT molecular complexity index is 438. The molecule has 98 valence electrons. The fourth-order valence-corrected chi connectivity index (χ4v) is 1.32. The molecule has 0 heterocycles. The van der Waals surface area contributed by atoms with E-state index in [1.807, 2.05) is 20.8 Å². The van der Waals surface area contributed by atoms with Crippen molar-refractivity contribution in [3.8, 4) is 11.8 Å². The molecule has 5 heteroatoms. The standard InChI is InChI=1S/C13H16F2N2O/c1-13(2,3)17-8-9-6-10(14)12(11(15)7-9)18-5-4-16/h6-7,17H,5,8H2,1-3H3. The molecular weight excluding hydrogens is 238 g/mol. The molecule has 0 spiro atoms. The Labute approximate surface area is 105 Å². The molecule has 0 fully saturated rings. The Morgan fingerprint density at radius 3 is 2.28 bits per heavy atom. The maximum Gasteiger partial charge on any atom is 0.192 e. The lowest BCUT2D eigenvalue weighted by Gasteiger charge is -2.20. The number of nitriles is 1. The summed E-state index contributed by atoms with van der Waals surface area (Å²) in [4.78, 5) is 0. The lowest BCUT2D eigenvalue weighted by molar-refractivity contribution is 0.323. The topological polar surface area (TPSA) is 45.0 Å². The lowest BCUT2D eigenvalue weighted by atomic mass is 10.1. The monoisotopic (exact) mass is 254 g/mol. The number of benzene rings is 1. The third-order valence-electron chi connectivity index (χ3n) is 2.16. The first kappa shape index (κ1) is 14.4. The number of nitrogens with one attached hydrogen (secondary N) is 1. The minimum atomic E-state index is -0.795. The van der Waals surface area contributed by atoms with Gasteiger partial charge >= 0.3 is 0 Å². The lowest BCUT2D eigenvalue weighted by Crippen LogP contribution is -2.35. The smallest absolute Gasteiger partial charge is 0.192 e. The van der Waals surface area contributed by atoms with Gasteiger partial charge in [0.15, 0.2) is 24.0 Å². The van der Waals surface area contributed by atoms with E-state index in [0.29, 0.717) is 12.1 Å². The van der Waals surface area contributed by atoms with E-state index in [2.05, 4.69) is 10.1 Å². The third-order valence-corrected chi connectivity index (χ3v) is 2.16. The number of halogens is 2. The number of rotatable bonds is 4. The Hall–Kier alpha value is -1.67. The van der Waals surface area contributed by atoms with E-state index in [-0.39, 0.29) is 12.1 Å². The molecule has 0 unspecified atom stereocenters. The van der Waals surface area contributed by atoms with Crippen molar-refractivity contribution in [1.82, 2.24) is 5.32 Å². The highest BCUT2D eigenvalue weighted by Gasteiger charge is 2.14. The molecule has 3 nitrogen and oxygen atoms in total. The van der Waals surface area contributed by atoms with Crippen LogP contribution in [0.1, 0.15) is 26.3 Å². The van der Waals surface area contributed by atoms with Crippen molar-refractivity contribution in [3.63, 3.8) is 0 Å². The molecule has 0 aliphatic carbocycles. The summed E-state index contributed by atoms with van der Waals surface area (Å²) in [5.74, 6) is -2.09. The zero-order chi connectivity index (χ0) is 13.8. The molecule has 0 aromatic heterocycles. The maximum absolute atomic E-state index is 13.6. The Morgan fingerprint density at radius 2 is 1.83 bits per heavy atom. The molecule has 1 aromatic carbocycles. The van der Waals surface area contributed by atoms with Crippen LogP contribution in [0.3, 0.4) is 0 Å². The van der Waals surface area contributed by atoms with E-state index in [1.165, 1.54) is 12.1 Å². The van der Waals surface area contributed by atoms with Gasteiger partial charge in [0.25, 0.3) is 0 Å². The second-order valence-corrected chi connectivity index (χ2v) is 4.94. The zero-order valence-electron chi connectivity index (χ0n) is 10.7. The van der Waals surface area contributed by atoms with Gasteiger partial charge in [-0.2, -0.15) is 5.26 Å². The van der Waals surface area contributed by atoms with Crippen molar-refractivity contribution in [1.29, 1.82) is 5.26 Å². The van der Waals surface area contributed by atoms with E-state index >= 15 is 0 Å². The quantitative estimate of drug-likeness (QED) is 0.898. The van der Waals surface area contributed by atoms with Crippen molar-refractivity contribution in [2.45, 2.75) is 32.9 Å². The van der Waals surface area contributed by atoms with E-state index in [4.69, 9.17) is 5.26 Å². The fourth-order valence-electron chi connectivity index (χ4n) is 1.32. The second kappa shape index (κ2) is 5.78. The van der Waals surface area contributed by atoms with Crippen LogP contribution in [0, 0.1) is 23.0 Å². The van der Waals surface area contributed by atoms with Gasteiger partial charge in [-0.3, -0.25) is 0 Å². The van der Waals surface area contributed by atoms with Gasteiger partial charge in [-0.05, 0) is 38.5 Å². The van der Waals surface area contributed by atoms with Crippen LogP contribution in [-0.4, -0.2) is 12.1 Å². The summed E-state index contributed by atoms with van der Waals surface area (Å²) >= 11 is 0. The average molecular weight is 254 g/mol. The summed E-state index contributed by atoms with van der Waals surface area (Å²) in [5, 5.41) is 11.4. The number of hydrogen-bond donors (Lipinski definition) is 1. The molecule has 0 atom stereocenters. The Balaban J connectivity index is 2.83. The second-order valence-electron chi connectivity index (χ2n) is 4.94. The molecule has 1 rings (SSSR count). The summed E-state index contributed by atoms with van der Waals surface area (Å²) in [6, 6.07) is 4.07. The summed E-state index contributed by atoms with van der Waals surface area (Å²) < 4.78 is 31.8. The normalized spacial score (nSPS) is 11.1. The van der Waals surface area contributed by atoms with Gasteiger partial charge in [0.2, 0.25) is 0 Å². The number of ether oxygens (including phenoxy) is 1. The van der Waals surface area contributed by atoms with Gasteiger partial charge in [-0.15, -0.1) is 0 Å². The molecule has 1 aromatic rings. The average Bonchev–Trinajstić information content (AvgIpc) is 2.24. The van der Waals surface area contributed by atoms with Gasteiger partial charge < -0.3 is 10.1 Å². The van der Waals surface area contributed by atoms with Crippen LogP contribution in [0.5, 0.6) is 5.75 Å². The molecule has 18 heavy (non-hydrogen) atoms. The molecule has 1 N–H and O–H groups in total. The van der Waals surface area contributed by atoms with Crippen LogP contribution in [0.2, 0.25) is 0 Å². The van der Waals surface area contributed by atoms with Crippen LogP contribution in [0.15, 0.2) is 12.1 Å². The van der Waals surface area contributed by atoms with E-state index < -0.39 is 17.4 Å². The van der Waals surface area contributed by atoms with Crippen LogP contribution >= 0.6 is 0 Å². The molecule has 0 saturated carbocycles. The number of hydrogen-bond acceptors (Lipinski definition) is 3. The summed E-state index contributed by atoms with van der Waals surface area (Å²) in [7, 11) is 0. The summed E-state index contributed by atoms with van der Waals surface area (Å²) in [6.07, 6.45) is 0. The molecule has 0 aliphatic heterocycles.